The number of hydrogen-bond donors (Lipinski definition) is 1. The molecule has 4 heteroatoms. The molecule has 0 saturated carbocycles. The van der Waals surface area contributed by atoms with Gasteiger partial charge in [-0.25, -0.2) is 0 Å². The topological polar surface area (TPSA) is 54.4 Å². The van der Waals surface area contributed by atoms with Crippen LogP contribution in [0.3, 0.4) is 0 Å². The summed E-state index contributed by atoms with van der Waals surface area (Å²) in [5, 5.41) is 8.63. The van der Waals surface area contributed by atoms with E-state index in [4.69, 9.17) is 5.11 Å². The van der Waals surface area contributed by atoms with Crippen LogP contribution in [-0.2, 0) is 15.6 Å². The molecule has 1 rings (SSSR count). The van der Waals surface area contributed by atoms with Crippen LogP contribution < -0.4 is 0 Å². The van der Waals surface area contributed by atoms with Crippen LogP contribution in [0.25, 0.3) is 0 Å². The van der Waals surface area contributed by atoms with Crippen molar-refractivity contribution in [3.05, 3.63) is 35.9 Å². The van der Waals surface area contributed by atoms with Gasteiger partial charge in [0.25, 0.3) is 0 Å². The van der Waals surface area contributed by atoms with Gasteiger partial charge in [0.2, 0.25) is 0 Å². The highest BCUT2D eigenvalue weighted by atomic mass is 32.2. The molecule has 0 aliphatic rings. The zero-order valence-electron chi connectivity index (χ0n) is 9.42. The highest BCUT2D eigenvalue weighted by molar-refractivity contribution is 7.85. The predicted molar refractivity (Wildman–Crippen MR) is 64.7 cm³/mol. The fraction of sp³-hybridized carbons (Fsp3) is 0.417. The third-order valence-corrected chi connectivity index (χ3v) is 4.39. The van der Waals surface area contributed by atoms with Crippen molar-refractivity contribution in [2.45, 2.75) is 19.1 Å². The van der Waals surface area contributed by atoms with Gasteiger partial charge >= 0.3 is 5.97 Å². The molecule has 0 aromatic heterocycles. The van der Waals surface area contributed by atoms with E-state index in [9.17, 15) is 9.00 Å². The Labute approximate surface area is 98.0 Å². The molecule has 0 fully saturated rings. The average molecular weight is 240 g/mol. The maximum absolute atomic E-state index is 11.9. The molecule has 3 nitrogen and oxygen atoms in total. The lowest BCUT2D eigenvalue weighted by atomic mass is 10.2. The van der Waals surface area contributed by atoms with Crippen LogP contribution in [0.2, 0.25) is 0 Å². The molecule has 0 amide bonds. The summed E-state index contributed by atoms with van der Waals surface area (Å²) in [6, 6.07) is 9.51. The monoisotopic (exact) mass is 240 g/mol. The van der Waals surface area contributed by atoms with Crippen molar-refractivity contribution in [3.63, 3.8) is 0 Å². The van der Waals surface area contributed by atoms with E-state index >= 15 is 0 Å². The van der Waals surface area contributed by atoms with E-state index in [2.05, 4.69) is 0 Å². The van der Waals surface area contributed by atoms with Gasteiger partial charge in [0, 0.05) is 16.6 Å². The van der Waals surface area contributed by atoms with Crippen molar-refractivity contribution < 1.29 is 14.1 Å². The summed E-state index contributed by atoms with van der Waals surface area (Å²) < 4.78 is 11.9. The second-order valence-corrected chi connectivity index (χ2v) is 5.64. The molecule has 0 aliphatic carbocycles. The number of carboxylic acid groups (broad SMARTS) is 1. The van der Waals surface area contributed by atoms with Crippen molar-refractivity contribution in [2.75, 3.05) is 5.75 Å². The van der Waals surface area contributed by atoms with Gasteiger partial charge in [-0.2, -0.15) is 0 Å². The lowest BCUT2D eigenvalue weighted by molar-refractivity contribution is -0.140. The zero-order valence-corrected chi connectivity index (χ0v) is 10.2. The van der Waals surface area contributed by atoms with Gasteiger partial charge in [-0.15, -0.1) is 0 Å². The Balaban J connectivity index is 2.65. The van der Waals surface area contributed by atoms with Crippen LogP contribution in [0, 0.1) is 5.92 Å². The van der Waals surface area contributed by atoms with Crippen molar-refractivity contribution in [1.82, 2.24) is 0 Å². The molecule has 0 bridgehead atoms. The summed E-state index contributed by atoms with van der Waals surface area (Å²) in [5.74, 6) is -1.26. The summed E-state index contributed by atoms with van der Waals surface area (Å²) in [5.41, 5.74) is 0.985. The molecule has 0 radical (unpaired) electrons. The van der Waals surface area contributed by atoms with E-state index in [1.807, 2.05) is 37.3 Å². The lowest BCUT2D eigenvalue weighted by Gasteiger charge is -2.13. The van der Waals surface area contributed by atoms with Crippen molar-refractivity contribution in [2.24, 2.45) is 5.92 Å². The van der Waals surface area contributed by atoms with E-state index in [-0.39, 0.29) is 11.0 Å². The Morgan fingerprint density at radius 2 is 1.88 bits per heavy atom. The Morgan fingerprint density at radius 1 is 1.31 bits per heavy atom. The number of rotatable bonds is 5. The molecule has 3 unspecified atom stereocenters. The quantitative estimate of drug-likeness (QED) is 0.858. The van der Waals surface area contributed by atoms with Gasteiger partial charge < -0.3 is 5.11 Å². The first kappa shape index (κ1) is 12.9. The van der Waals surface area contributed by atoms with Crippen LogP contribution in [0.5, 0.6) is 0 Å². The van der Waals surface area contributed by atoms with Crippen LogP contribution in [0.1, 0.15) is 24.7 Å². The second-order valence-electron chi connectivity index (χ2n) is 3.84. The van der Waals surface area contributed by atoms with Gasteiger partial charge in [0.05, 0.1) is 11.2 Å². The number of aliphatic carboxylic acids is 1. The van der Waals surface area contributed by atoms with E-state index in [1.54, 1.807) is 6.92 Å². The summed E-state index contributed by atoms with van der Waals surface area (Å²) >= 11 is 0. The minimum Gasteiger partial charge on any atom is -0.481 e. The van der Waals surface area contributed by atoms with Gasteiger partial charge in [0.1, 0.15) is 0 Å². The lowest BCUT2D eigenvalue weighted by Crippen LogP contribution is -2.19. The smallest absolute Gasteiger partial charge is 0.307 e. The average Bonchev–Trinajstić information content (AvgIpc) is 2.28. The Bertz CT molecular complexity index is 375. The van der Waals surface area contributed by atoms with E-state index in [0.717, 1.165) is 5.56 Å². The van der Waals surface area contributed by atoms with Gasteiger partial charge in [-0.05, 0) is 12.5 Å². The molecular formula is C12H16O3S. The molecule has 1 aromatic carbocycles. The van der Waals surface area contributed by atoms with Gasteiger partial charge in [-0.1, -0.05) is 37.3 Å². The molecule has 0 heterocycles. The maximum atomic E-state index is 11.9. The standard InChI is InChI=1S/C12H16O3S/c1-9(12(13)14)8-16(15)10(2)11-6-4-3-5-7-11/h3-7,9-10H,8H2,1-2H3,(H,13,14). The molecule has 16 heavy (non-hydrogen) atoms. The Kier molecular flexibility index (Phi) is 4.68. The highest BCUT2D eigenvalue weighted by Crippen LogP contribution is 2.20. The number of carbonyl (C=O) groups is 1. The first-order valence-corrected chi connectivity index (χ1v) is 6.55. The molecule has 0 aliphatic heterocycles. The summed E-state index contributed by atoms with van der Waals surface area (Å²) in [6.07, 6.45) is 0. The fourth-order valence-electron chi connectivity index (χ4n) is 1.34. The SMILES string of the molecule is CC(CS(=O)C(C)c1ccccc1)C(=O)O. The molecule has 0 saturated heterocycles. The van der Waals surface area contributed by atoms with Gasteiger partial charge in [-0.3, -0.25) is 9.00 Å². The van der Waals surface area contributed by atoms with Crippen LogP contribution in [-0.4, -0.2) is 21.0 Å². The normalized spacial score (nSPS) is 16.4. The number of carboxylic acids is 1. The Morgan fingerprint density at radius 3 is 2.38 bits per heavy atom. The first-order chi connectivity index (χ1) is 7.52. The molecule has 88 valence electrons. The summed E-state index contributed by atoms with van der Waals surface area (Å²) in [6.45, 7) is 3.44. The van der Waals surface area contributed by atoms with Crippen LogP contribution in [0.15, 0.2) is 30.3 Å². The molecular weight excluding hydrogens is 224 g/mol. The van der Waals surface area contributed by atoms with Crippen molar-refractivity contribution in [1.29, 1.82) is 0 Å². The minimum atomic E-state index is -1.15. The molecule has 1 aromatic rings. The first-order valence-electron chi connectivity index (χ1n) is 5.17. The Hall–Kier alpha value is -1.16. The van der Waals surface area contributed by atoms with Crippen LogP contribution >= 0.6 is 0 Å². The van der Waals surface area contributed by atoms with Crippen molar-refractivity contribution in [3.8, 4) is 0 Å². The molecule has 1 N–H and O–H groups in total. The maximum Gasteiger partial charge on any atom is 0.307 e. The molecule has 3 atom stereocenters. The second kappa shape index (κ2) is 5.80. The van der Waals surface area contributed by atoms with E-state index in [0.29, 0.717) is 0 Å². The summed E-state index contributed by atoms with van der Waals surface area (Å²) in [7, 11) is -1.15. The van der Waals surface area contributed by atoms with Gasteiger partial charge in [0.15, 0.2) is 0 Å². The van der Waals surface area contributed by atoms with E-state index < -0.39 is 22.7 Å². The fourth-order valence-corrected chi connectivity index (χ4v) is 2.72. The largest absolute Gasteiger partial charge is 0.481 e. The summed E-state index contributed by atoms with van der Waals surface area (Å²) in [4.78, 5) is 10.7. The van der Waals surface area contributed by atoms with Crippen molar-refractivity contribution >= 4 is 16.8 Å². The zero-order chi connectivity index (χ0) is 12.1. The third kappa shape index (κ3) is 3.45. The number of hydrogen-bond acceptors (Lipinski definition) is 2. The van der Waals surface area contributed by atoms with Crippen LogP contribution in [0.4, 0.5) is 0 Å². The molecule has 0 spiro atoms. The predicted octanol–water partition coefficient (Wildman–Crippen LogP) is 2.22. The highest BCUT2D eigenvalue weighted by Gasteiger charge is 2.19. The third-order valence-electron chi connectivity index (χ3n) is 2.50. The number of benzene rings is 1. The minimum absolute atomic E-state index is 0.122. The van der Waals surface area contributed by atoms with E-state index in [1.165, 1.54) is 0 Å².